The Morgan fingerprint density at radius 1 is 1.19 bits per heavy atom. The Balaban J connectivity index is 2.26. The fourth-order valence-electron chi connectivity index (χ4n) is 1.60. The fourth-order valence-corrected chi connectivity index (χ4v) is 2.67. The van der Waals surface area contributed by atoms with Gasteiger partial charge in [-0.2, -0.15) is 0 Å². The van der Waals surface area contributed by atoms with E-state index in [0.29, 0.717) is 5.56 Å². The molecule has 0 fully saturated rings. The molecule has 0 aliphatic carbocycles. The van der Waals surface area contributed by atoms with E-state index >= 15 is 0 Å². The molecular formula is C13H10FIN2O3S. The molecule has 2 rings (SSSR count). The van der Waals surface area contributed by atoms with Crippen molar-refractivity contribution < 1.29 is 17.6 Å². The summed E-state index contributed by atoms with van der Waals surface area (Å²) in [5.41, 5.74) is 0.253. The molecule has 2 aromatic carbocycles. The van der Waals surface area contributed by atoms with Gasteiger partial charge in [-0.3, -0.25) is 4.79 Å². The normalized spacial score (nSPS) is 11.2. The van der Waals surface area contributed by atoms with E-state index in [1.54, 1.807) is 18.2 Å². The minimum atomic E-state index is -3.98. The van der Waals surface area contributed by atoms with Crippen molar-refractivity contribution in [2.24, 2.45) is 5.14 Å². The van der Waals surface area contributed by atoms with Crippen LogP contribution in [-0.4, -0.2) is 14.3 Å². The minimum Gasteiger partial charge on any atom is -0.319 e. The number of rotatable bonds is 3. The van der Waals surface area contributed by atoms with Gasteiger partial charge in [0, 0.05) is 9.13 Å². The van der Waals surface area contributed by atoms with Gasteiger partial charge in [0.1, 0.15) is 5.82 Å². The summed E-state index contributed by atoms with van der Waals surface area (Å²) in [6, 6.07) is 9.81. The van der Waals surface area contributed by atoms with Crippen molar-refractivity contribution in [3.05, 3.63) is 57.4 Å². The zero-order valence-electron chi connectivity index (χ0n) is 10.5. The zero-order chi connectivity index (χ0) is 15.6. The van der Waals surface area contributed by atoms with Crippen LogP contribution >= 0.6 is 22.6 Å². The van der Waals surface area contributed by atoms with Crippen molar-refractivity contribution >= 4 is 44.2 Å². The average Bonchev–Trinajstić information content (AvgIpc) is 2.39. The van der Waals surface area contributed by atoms with Gasteiger partial charge in [-0.05, 0) is 59.0 Å². The number of halogens is 2. The fraction of sp³-hybridized carbons (Fsp3) is 0. The molecule has 0 saturated heterocycles. The molecule has 0 aliphatic heterocycles. The molecule has 8 heteroatoms. The Bertz CT molecular complexity index is 809. The summed E-state index contributed by atoms with van der Waals surface area (Å²) in [4.78, 5) is 11.6. The molecule has 1 amide bonds. The van der Waals surface area contributed by atoms with Gasteiger partial charge < -0.3 is 5.32 Å². The lowest BCUT2D eigenvalue weighted by atomic mass is 10.2. The van der Waals surface area contributed by atoms with Crippen LogP contribution in [0.25, 0.3) is 0 Å². The van der Waals surface area contributed by atoms with Crippen LogP contribution in [-0.2, 0) is 10.0 Å². The Morgan fingerprint density at radius 2 is 1.90 bits per heavy atom. The van der Waals surface area contributed by atoms with Crippen LogP contribution in [0.1, 0.15) is 10.4 Å². The number of carbonyl (C=O) groups is 1. The predicted octanol–water partition coefficient (Wildman–Crippen LogP) is 2.33. The van der Waals surface area contributed by atoms with E-state index in [4.69, 9.17) is 5.14 Å². The Kier molecular flexibility index (Phi) is 4.59. The van der Waals surface area contributed by atoms with Gasteiger partial charge in [0.15, 0.2) is 0 Å². The molecule has 5 nitrogen and oxygen atoms in total. The van der Waals surface area contributed by atoms with Crippen LogP contribution in [0.15, 0.2) is 47.4 Å². The van der Waals surface area contributed by atoms with Gasteiger partial charge in [-0.1, -0.05) is 6.07 Å². The van der Waals surface area contributed by atoms with E-state index in [1.165, 1.54) is 0 Å². The zero-order valence-corrected chi connectivity index (χ0v) is 13.5. The number of nitrogens with one attached hydrogen (secondary N) is 1. The van der Waals surface area contributed by atoms with Crippen molar-refractivity contribution in [1.29, 1.82) is 0 Å². The minimum absolute atomic E-state index is 0.119. The highest BCUT2D eigenvalue weighted by Gasteiger charge is 2.14. The van der Waals surface area contributed by atoms with Crippen LogP contribution in [0.5, 0.6) is 0 Å². The van der Waals surface area contributed by atoms with Crippen molar-refractivity contribution in [2.45, 2.75) is 4.90 Å². The van der Waals surface area contributed by atoms with Gasteiger partial charge in [0.25, 0.3) is 5.91 Å². The summed E-state index contributed by atoms with van der Waals surface area (Å²) in [5, 5.41) is 7.28. The van der Waals surface area contributed by atoms with Crippen LogP contribution in [0.4, 0.5) is 10.1 Å². The molecule has 0 saturated carbocycles. The topological polar surface area (TPSA) is 89.3 Å². The Morgan fingerprint density at radius 3 is 2.48 bits per heavy atom. The van der Waals surface area contributed by atoms with Crippen molar-refractivity contribution in [3.8, 4) is 0 Å². The molecule has 2 aromatic rings. The van der Waals surface area contributed by atoms with Crippen LogP contribution in [0.2, 0.25) is 0 Å². The summed E-state index contributed by atoms with van der Waals surface area (Å²) < 4.78 is 36.9. The summed E-state index contributed by atoms with van der Waals surface area (Å²) in [6.07, 6.45) is 0. The van der Waals surface area contributed by atoms with Crippen LogP contribution < -0.4 is 10.5 Å². The molecule has 110 valence electrons. The maximum atomic E-state index is 13.8. The third-order valence-electron chi connectivity index (χ3n) is 2.60. The van der Waals surface area contributed by atoms with E-state index in [-0.39, 0.29) is 10.6 Å². The molecule has 0 spiro atoms. The van der Waals surface area contributed by atoms with E-state index in [2.05, 4.69) is 27.9 Å². The van der Waals surface area contributed by atoms with Crippen LogP contribution in [0, 0.1) is 9.39 Å². The quantitative estimate of drug-likeness (QED) is 0.748. The average molecular weight is 420 g/mol. The number of hydrogen-bond acceptors (Lipinski definition) is 3. The second kappa shape index (κ2) is 6.08. The van der Waals surface area contributed by atoms with Crippen molar-refractivity contribution in [1.82, 2.24) is 0 Å². The highest BCUT2D eigenvalue weighted by atomic mass is 127. The third kappa shape index (κ3) is 3.99. The van der Waals surface area contributed by atoms with Crippen molar-refractivity contribution in [3.63, 3.8) is 0 Å². The smallest absolute Gasteiger partial charge is 0.255 e. The summed E-state index contributed by atoms with van der Waals surface area (Å²) in [6.45, 7) is 0. The SMILES string of the molecule is NS(=O)(=O)c1ccc(NC(=O)c2cccc(I)c2)c(F)c1. The predicted molar refractivity (Wildman–Crippen MR) is 84.9 cm³/mol. The number of anilines is 1. The van der Waals surface area contributed by atoms with E-state index in [1.807, 2.05) is 6.07 Å². The molecule has 21 heavy (non-hydrogen) atoms. The first-order chi connectivity index (χ1) is 9.77. The molecule has 0 bridgehead atoms. The van der Waals surface area contributed by atoms with E-state index in [0.717, 1.165) is 21.8 Å². The highest BCUT2D eigenvalue weighted by molar-refractivity contribution is 14.1. The van der Waals surface area contributed by atoms with E-state index in [9.17, 15) is 17.6 Å². The van der Waals surface area contributed by atoms with Gasteiger partial charge in [-0.15, -0.1) is 0 Å². The monoisotopic (exact) mass is 420 g/mol. The first-order valence-electron chi connectivity index (χ1n) is 5.66. The summed E-state index contributed by atoms with van der Waals surface area (Å²) >= 11 is 2.05. The molecule has 0 atom stereocenters. The molecular weight excluding hydrogens is 410 g/mol. The Labute approximate surface area is 134 Å². The molecule has 0 aliphatic rings. The number of benzene rings is 2. The first kappa shape index (κ1) is 15.9. The lowest BCUT2D eigenvalue weighted by molar-refractivity contribution is 0.102. The van der Waals surface area contributed by atoms with Gasteiger partial charge in [-0.25, -0.2) is 17.9 Å². The maximum Gasteiger partial charge on any atom is 0.255 e. The highest BCUT2D eigenvalue weighted by Crippen LogP contribution is 2.19. The lowest BCUT2D eigenvalue weighted by Crippen LogP contribution is -2.15. The van der Waals surface area contributed by atoms with E-state index < -0.39 is 21.7 Å². The number of nitrogens with two attached hydrogens (primary N) is 1. The standard InChI is InChI=1S/C13H10FIN2O3S/c14-11-7-10(21(16,19)20)4-5-12(11)17-13(18)8-2-1-3-9(15)6-8/h1-7H,(H,17,18)(H2,16,19,20). The molecule has 0 radical (unpaired) electrons. The van der Waals surface area contributed by atoms with Gasteiger partial charge in [0.2, 0.25) is 10.0 Å². The number of primary sulfonamides is 1. The largest absolute Gasteiger partial charge is 0.319 e. The third-order valence-corrected chi connectivity index (χ3v) is 4.19. The molecule has 3 N–H and O–H groups in total. The molecule has 0 heterocycles. The number of sulfonamides is 1. The molecule has 0 unspecified atom stereocenters. The van der Waals surface area contributed by atoms with Gasteiger partial charge in [0.05, 0.1) is 10.6 Å². The molecule has 0 aromatic heterocycles. The van der Waals surface area contributed by atoms with Gasteiger partial charge >= 0.3 is 0 Å². The van der Waals surface area contributed by atoms with Crippen molar-refractivity contribution in [2.75, 3.05) is 5.32 Å². The summed E-state index contributed by atoms with van der Waals surface area (Å²) in [7, 11) is -3.98. The number of hydrogen-bond donors (Lipinski definition) is 2. The first-order valence-corrected chi connectivity index (χ1v) is 8.29. The summed E-state index contributed by atoms with van der Waals surface area (Å²) in [5.74, 6) is -1.36. The van der Waals surface area contributed by atoms with Crippen LogP contribution in [0.3, 0.4) is 0 Å². The number of carbonyl (C=O) groups excluding carboxylic acids is 1. The number of amides is 1. The Hall–Kier alpha value is -1.52. The second-order valence-electron chi connectivity index (χ2n) is 4.15. The second-order valence-corrected chi connectivity index (χ2v) is 6.96. The lowest BCUT2D eigenvalue weighted by Gasteiger charge is -2.08. The maximum absolute atomic E-state index is 13.8.